The number of benzene rings is 1. The van der Waals surface area contributed by atoms with Gasteiger partial charge in [0, 0.05) is 48.6 Å². The fraction of sp³-hybridized carbons (Fsp3) is 0.375. The zero-order valence-electron chi connectivity index (χ0n) is 20.2. The van der Waals surface area contributed by atoms with E-state index in [2.05, 4.69) is 10.3 Å². The number of rotatable bonds is 6. The minimum Gasteiger partial charge on any atom is -0.322 e. The van der Waals surface area contributed by atoms with E-state index in [0.29, 0.717) is 17.7 Å². The normalized spacial score (nSPS) is 18.5. The van der Waals surface area contributed by atoms with Crippen molar-refractivity contribution in [2.45, 2.75) is 44.2 Å². The highest BCUT2D eigenvalue weighted by Crippen LogP contribution is 2.41. The lowest BCUT2D eigenvalue weighted by Gasteiger charge is -2.29. The number of nitrogens with one attached hydrogen (secondary N) is 1. The molecule has 2 aromatic rings. The maximum atomic E-state index is 14.1. The zero-order chi connectivity index (χ0) is 27.9. The van der Waals surface area contributed by atoms with Crippen LogP contribution in [0.1, 0.15) is 56.4 Å². The Morgan fingerprint density at radius 2 is 1.95 bits per heavy atom. The molecule has 1 aromatic heterocycles. The second kappa shape index (κ2) is 10.5. The lowest BCUT2D eigenvalue weighted by atomic mass is 10.0. The van der Waals surface area contributed by atoms with Crippen LogP contribution < -0.4 is 5.32 Å². The van der Waals surface area contributed by atoms with Gasteiger partial charge in [-0.3, -0.25) is 29.5 Å². The first-order chi connectivity index (χ1) is 17.8. The summed E-state index contributed by atoms with van der Waals surface area (Å²) >= 11 is 12.1. The van der Waals surface area contributed by atoms with E-state index in [1.807, 2.05) is 0 Å². The number of piperidine rings is 1. The van der Waals surface area contributed by atoms with Gasteiger partial charge in [-0.25, -0.2) is 4.42 Å². The Morgan fingerprint density at radius 3 is 2.55 bits per heavy atom. The number of carbonyl (C=O) groups excluding carboxylic acids is 4. The average molecular weight is 572 g/mol. The van der Waals surface area contributed by atoms with Crippen LogP contribution in [0.25, 0.3) is 0 Å². The Kier molecular flexibility index (Phi) is 7.69. The Morgan fingerprint density at radius 1 is 1.24 bits per heavy atom. The molecule has 4 amide bonds. The fourth-order valence-electron chi connectivity index (χ4n) is 4.48. The van der Waals surface area contributed by atoms with Crippen molar-refractivity contribution in [2.75, 3.05) is 14.1 Å². The molecule has 0 bridgehead atoms. The number of imide groups is 1. The summed E-state index contributed by atoms with van der Waals surface area (Å²) < 4.78 is 42.3. The summed E-state index contributed by atoms with van der Waals surface area (Å²) in [5.41, 5.74) is 0.266. The van der Waals surface area contributed by atoms with Crippen LogP contribution in [0.4, 0.5) is 13.2 Å². The monoisotopic (exact) mass is 571 g/mol. The molecule has 0 saturated carbocycles. The number of hydrogen-bond acceptors (Lipinski definition) is 6. The number of carbonyl (C=O) groups is 4. The van der Waals surface area contributed by atoms with Crippen molar-refractivity contribution in [3.8, 4) is 0 Å². The second-order valence-electron chi connectivity index (χ2n) is 9.28. The lowest BCUT2D eigenvalue weighted by Crippen LogP contribution is -2.52. The lowest BCUT2D eigenvalue weighted by molar-refractivity contribution is -0.169. The van der Waals surface area contributed by atoms with Crippen molar-refractivity contribution in [1.29, 1.82) is 0 Å². The van der Waals surface area contributed by atoms with Crippen molar-refractivity contribution in [2.24, 2.45) is 0 Å². The largest absolute Gasteiger partial charge is 0.416 e. The molecule has 14 heteroatoms. The number of aromatic nitrogens is 1. The molecule has 1 unspecified atom stereocenters. The molecule has 0 aliphatic carbocycles. The molecule has 3 heterocycles. The maximum Gasteiger partial charge on any atom is 0.416 e. The Bertz CT molecular complexity index is 1320. The van der Waals surface area contributed by atoms with Crippen molar-refractivity contribution >= 4 is 47.0 Å². The van der Waals surface area contributed by atoms with Gasteiger partial charge < -0.3 is 9.80 Å². The number of alkyl halides is 3. The van der Waals surface area contributed by atoms with Gasteiger partial charge in [-0.1, -0.05) is 11.6 Å². The molecule has 2 aliphatic rings. The van der Waals surface area contributed by atoms with E-state index < -0.39 is 47.6 Å². The summed E-state index contributed by atoms with van der Waals surface area (Å²) in [6, 6.07) is 1.56. The van der Waals surface area contributed by atoms with E-state index in [1.54, 1.807) is 19.0 Å². The van der Waals surface area contributed by atoms with Crippen LogP contribution in [0.2, 0.25) is 5.02 Å². The standard InChI is InChI=1S/C24H22Cl2F3N5O4/c1-32(2)10-12-7-16(25)19(30-9-12)20(24(27,28)29)34(26)22(37)13-3-4-15-14(8-13)11-33(23(15)38)17-5-6-18(35)31-21(17)36/h3-4,7-9,17,20H,5-6,10-11H2,1-2H3,(H,31,35,36)/t17?,20-/m1/s1. The SMILES string of the molecule is CN(C)Cc1cnc([C@@H](N(Cl)C(=O)c2ccc3c(c2)CN(C2CCC(=O)NC2=O)C3=O)C(F)(F)F)c(Cl)c1. The van der Waals surface area contributed by atoms with E-state index in [-0.39, 0.29) is 40.0 Å². The summed E-state index contributed by atoms with van der Waals surface area (Å²) in [6.07, 6.45) is -3.57. The first kappa shape index (κ1) is 27.8. The van der Waals surface area contributed by atoms with Crippen LogP contribution in [-0.4, -0.2) is 69.1 Å². The van der Waals surface area contributed by atoms with Crippen LogP contribution in [0, 0.1) is 0 Å². The van der Waals surface area contributed by atoms with Gasteiger partial charge in [-0.2, -0.15) is 13.2 Å². The average Bonchev–Trinajstić information content (AvgIpc) is 3.14. The summed E-state index contributed by atoms with van der Waals surface area (Å²) in [5.74, 6) is -2.72. The van der Waals surface area contributed by atoms with Gasteiger partial charge in [-0.05, 0) is 55.9 Å². The molecule has 2 aliphatic heterocycles. The second-order valence-corrected chi connectivity index (χ2v) is 10.1. The topological polar surface area (TPSA) is 103 Å². The van der Waals surface area contributed by atoms with Crippen LogP contribution in [0.15, 0.2) is 30.5 Å². The molecule has 4 rings (SSSR count). The van der Waals surface area contributed by atoms with Crippen LogP contribution >= 0.6 is 23.4 Å². The highest BCUT2D eigenvalue weighted by Gasteiger charge is 2.49. The molecule has 1 fully saturated rings. The van der Waals surface area contributed by atoms with Crippen LogP contribution in [0.5, 0.6) is 0 Å². The Balaban J connectivity index is 1.59. The van der Waals surface area contributed by atoms with E-state index >= 15 is 0 Å². The third-order valence-electron chi connectivity index (χ3n) is 6.19. The van der Waals surface area contributed by atoms with Gasteiger partial charge in [0.15, 0.2) is 6.04 Å². The predicted molar refractivity (Wildman–Crippen MR) is 130 cm³/mol. The van der Waals surface area contributed by atoms with E-state index in [4.69, 9.17) is 23.4 Å². The summed E-state index contributed by atoms with van der Waals surface area (Å²) in [5, 5.41) is 1.88. The number of hydrogen-bond donors (Lipinski definition) is 1. The molecule has 38 heavy (non-hydrogen) atoms. The van der Waals surface area contributed by atoms with Gasteiger partial charge in [0.1, 0.15) is 6.04 Å². The number of pyridine rings is 1. The highest BCUT2D eigenvalue weighted by molar-refractivity contribution is 6.31. The van der Waals surface area contributed by atoms with Gasteiger partial charge >= 0.3 is 6.18 Å². The summed E-state index contributed by atoms with van der Waals surface area (Å²) in [4.78, 5) is 56.5. The van der Waals surface area contributed by atoms with Crippen molar-refractivity contribution in [3.05, 3.63) is 63.4 Å². The van der Waals surface area contributed by atoms with Crippen molar-refractivity contribution in [1.82, 2.24) is 24.5 Å². The first-order valence-electron chi connectivity index (χ1n) is 11.4. The molecular formula is C24H22Cl2F3N5O4. The number of halogens is 5. The molecule has 0 spiro atoms. The van der Waals surface area contributed by atoms with Crippen LogP contribution in [0.3, 0.4) is 0 Å². The minimum atomic E-state index is -5.01. The van der Waals surface area contributed by atoms with Gasteiger partial charge in [0.05, 0.1) is 10.7 Å². The van der Waals surface area contributed by atoms with Crippen LogP contribution in [-0.2, 0) is 22.7 Å². The van der Waals surface area contributed by atoms with Gasteiger partial charge in [-0.15, -0.1) is 0 Å². The molecule has 1 N–H and O–H groups in total. The van der Waals surface area contributed by atoms with E-state index in [1.165, 1.54) is 35.4 Å². The Hall–Kier alpha value is -3.22. The zero-order valence-corrected chi connectivity index (χ0v) is 21.7. The van der Waals surface area contributed by atoms with E-state index in [9.17, 15) is 32.3 Å². The molecule has 0 radical (unpaired) electrons. The molecule has 2 atom stereocenters. The molecule has 1 saturated heterocycles. The quantitative estimate of drug-likeness (QED) is 0.421. The van der Waals surface area contributed by atoms with Crippen molar-refractivity contribution < 1.29 is 32.3 Å². The third kappa shape index (κ3) is 5.47. The highest BCUT2D eigenvalue weighted by atomic mass is 35.5. The molecule has 1 aromatic carbocycles. The molecule has 202 valence electrons. The van der Waals surface area contributed by atoms with Gasteiger partial charge in [0.25, 0.3) is 11.8 Å². The minimum absolute atomic E-state index is 0.00368. The number of nitrogens with zero attached hydrogens (tertiary/aromatic N) is 4. The summed E-state index contributed by atoms with van der Waals surface area (Å²) in [6.45, 7) is 0.324. The van der Waals surface area contributed by atoms with Gasteiger partial charge in [0.2, 0.25) is 11.8 Å². The third-order valence-corrected chi connectivity index (χ3v) is 6.84. The molecule has 9 nitrogen and oxygen atoms in total. The smallest absolute Gasteiger partial charge is 0.322 e. The molecular weight excluding hydrogens is 550 g/mol. The fourth-order valence-corrected chi connectivity index (χ4v) is 5.07. The number of amides is 4. The number of fused-ring (bicyclic) bond motifs is 1. The van der Waals surface area contributed by atoms with E-state index in [0.717, 1.165) is 0 Å². The maximum absolute atomic E-state index is 14.1. The Labute approximate surface area is 225 Å². The first-order valence-corrected chi connectivity index (χ1v) is 12.1. The summed E-state index contributed by atoms with van der Waals surface area (Å²) in [7, 11) is 3.54. The van der Waals surface area contributed by atoms with Crippen molar-refractivity contribution in [3.63, 3.8) is 0 Å². The predicted octanol–water partition coefficient (Wildman–Crippen LogP) is 3.46.